The average molecular weight is 655 g/mol. The number of rotatable bonds is 27. The lowest BCUT2D eigenvalue weighted by molar-refractivity contribution is -0.199. The zero-order chi connectivity index (χ0) is 34.0. The lowest BCUT2D eigenvalue weighted by Crippen LogP contribution is -2.43. The molecule has 1 aliphatic rings. The molecule has 0 bridgehead atoms. The van der Waals surface area contributed by atoms with Crippen LogP contribution in [-0.2, 0) is 23.8 Å². The molecule has 6 atom stereocenters. The number of esters is 2. The molecule has 0 radical (unpaired) electrons. The van der Waals surface area contributed by atoms with Gasteiger partial charge in [-0.2, -0.15) is 0 Å². The largest absolute Gasteiger partial charge is 0.463 e. The lowest BCUT2D eigenvalue weighted by Gasteiger charge is -2.36. The van der Waals surface area contributed by atoms with E-state index in [9.17, 15) is 30.0 Å². The lowest BCUT2D eigenvalue weighted by atomic mass is 9.87. The predicted molar refractivity (Wildman–Crippen MR) is 181 cm³/mol. The van der Waals surface area contributed by atoms with Gasteiger partial charge >= 0.3 is 11.9 Å². The Morgan fingerprint density at radius 3 is 2.02 bits per heavy atom. The Labute approximate surface area is 278 Å². The zero-order valence-corrected chi connectivity index (χ0v) is 29.0. The molecule has 0 aromatic heterocycles. The summed E-state index contributed by atoms with van der Waals surface area (Å²) in [6.07, 6.45) is 20.1. The molecule has 1 aliphatic heterocycles. The first kappa shape index (κ1) is 42.2. The number of hydrogen-bond acceptors (Lipinski definition) is 9. The van der Waals surface area contributed by atoms with E-state index in [1.807, 2.05) is 12.2 Å². The van der Waals surface area contributed by atoms with E-state index in [-0.39, 0.29) is 37.9 Å². The first-order valence-electron chi connectivity index (χ1n) is 18.1. The third kappa shape index (κ3) is 22.7. The van der Waals surface area contributed by atoms with Gasteiger partial charge in [-0.25, -0.2) is 0 Å². The van der Waals surface area contributed by atoms with Gasteiger partial charge in [0.2, 0.25) is 0 Å². The molecule has 46 heavy (non-hydrogen) atoms. The van der Waals surface area contributed by atoms with Crippen LogP contribution in [0.2, 0.25) is 0 Å². The smallest absolute Gasteiger partial charge is 0.305 e. The van der Waals surface area contributed by atoms with Crippen LogP contribution >= 0.6 is 0 Å². The molecule has 4 N–H and O–H groups in total. The quantitative estimate of drug-likeness (QED) is 0.0433. The minimum absolute atomic E-state index is 0.137. The van der Waals surface area contributed by atoms with Crippen molar-refractivity contribution in [3.63, 3.8) is 0 Å². The predicted octanol–water partition coefficient (Wildman–Crippen LogP) is 6.69. The van der Waals surface area contributed by atoms with Gasteiger partial charge in [0.25, 0.3) is 0 Å². The number of ether oxygens (including phenoxy) is 3. The molecular weight excluding hydrogens is 588 g/mol. The number of carbonyl (C=O) groups is 2. The molecule has 1 fully saturated rings. The number of allylic oxidation sites excluding steroid dienone is 2. The van der Waals surface area contributed by atoms with E-state index < -0.39 is 36.7 Å². The van der Waals surface area contributed by atoms with Crippen molar-refractivity contribution in [2.24, 2.45) is 11.8 Å². The van der Waals surface area contributed by atoms with Crippen LogP contribution in [0.5, 0.6) is 0 Å². The molecule has 0 amide bonds. The van der Waals surface area contributed by atoms with Crippen molar-refractivity contribution in [2.45, 2.75) is 173 Å². The Hall–Kier alpha value is -1.78. The molecule has 9 heteroatoms. The second kappa shape index (κ2) is 27.2. The molecule has 0 spiro atoms. The van der Waals surface area contributed by atoms with Gasteiger partial charge in [-0.05, 0) is 38.0 Å². The SMILES string of the molecule is CCCCC[C@H](O)/C=C/[C@H]1OC(O)C[C@H](O)[C@@H]1C/C=C\CCCC(=O)OC[C@@H](O)COC(=O)CCCCCCCCCCC(C)C. The van der Waals surface area contributed by atoms with Crippen molar-refractivity contribution >= 4 is 11.9 Å². The van der Waals surface area contributed by atoms with Gasteiger partial charge in [-0.1, -0.05) is 116 Å². The number of carbonyl (C=O) groups excluding carboxylic acids is 2. The van der Waals surface area contributed by atoms with Crippen LogP contribution in [0.25, 0.3) is 0 Å². The third-order valence-corrected chi connectivity index (χ3v) is 8.41. The maximum Gasteiger partial charge on any atom is 0.305 e. The Bertz CT molecular complexity index is 828. The van der Waals surface area contributed by atoms with Crippen LogP contribution in [0.1, 0.15) is 143 Å². The summed E-state index contributed by atoms with van der Waals surface area (Å²) in [6, 6.07) is 0. The van der Waals surface area contributed by atoms with E-state index in [1.165, 1.54) is 38.5 Å². The van der Waals surface area contributed by atoms with Crippen molar-refractivity contribution in [1.82, 2.24) is 0 Å². The van der Waals surface area contributed by atoms with Gasteiger partial charge in [0.15, 0.2) is 6.29 Å². The maximum atomic E-state index is 12.1. The van der Waals surface area contributed by atoms with E-state index in [2.05, 4.69) is 20.8 Å². The van der Waals surface area contributed by atoms with E-state index in [4.69, 9.17) is 14.2 Å². The van der Waals surface area contributed by atoms with Gasteiger partial charge < -0.3 is 34.6 Å². The first-order chi connectivity index (χ1) is 22.1. The Kier molecular flexibility index (Phi) is 25.0. The molecule has 9 nitrogen and oxygen atoms in total. The molecule has 1 saturated heterocycles. The van der Waals surface area contributed by atoms with Crippen molar-refractivity contribution in [2.75, 3.05) is 13.2 Å². The number of aliphatic hydroxyl groups is 4. The van der Waals surface area contributed by atoms with Gasteiger partial charge in [-0.3, -0.25) is 9.59 Å². The second-order valence-electron chi connectivity index (χ2n) is 13.4. The van der Waals surface area contributed by atoms with E-state index in [1.54, 1.807) is 12.2 Å². The molecule has 0 aliphatic carbocycles. The van der Waals surface area contributed by atoms with E-state index in [0.717, 1.165) is 44.4 Å². The fraction of sp³-hybridized carbons (Fsp3) is 0.838. The normalized spacial score (nSPS) is 21.7. The highest BCUT2D eigenvalue weighted by atomic mass is 16.6. The van der Waals surface area contributed by atoms with Crippen LogP contribution in [0.15, 0.2) is 24.3 Å². The van der Waals surface area contributed by atoms with Crippen molar-refractivity contribution in [3.05, 3.63) is 24.3 Å². The summed E-state index contributed by atoms with van der Waals surface area (Å²) < 4.78 is 15.9. The molecule has 268 valence electrons. The summed E-state index contributed by atoms with van der Waals surface area (Å²) in [4.78, 5) is 24.0. The molecule has 1 rings (SSSR count). The van der Waals surface area contributed by atoms with Crippen LogP contribution in [0.4, 0.5) is 0 Å². The van der Waals surface area contributed by atoms with Crippen LogP contribution in [-0.4, -0.2) is 76.3 Å². The van der Waals surface area contributed by atoms with Crippen molar-refractivity contribution in [3.8, 4) is 0 Å². The van der Waals surface area contributed by atoms with Gasteiger partial charge in [0, 0.05) is 25.2 Å². The van der Waals surface area contributed by atoms with E-state index >= 15 is 0 Å². The maximum absolute atomic E-state index is 12.1. The highest BCUT2D eigenvalue weighted by molar-refractivity contribution is 5.69. The Morgan fingerprint density at radius 1 is 0.804 bits per heavy atom. The fourth-order valence-corrected chi connectivity index (χ4v) is 5.54. The number of unbranched alkanes of at least 4 members (excludes halogenated alkanes) is 10. The summed E-state index contributed by atoms with van der Waals surface area (Å²) in [5.41, 5.74) is 0. The molecule has 1 unspecified atom stereocenters. The van der Waals surface area contributed by atoms with E-state index in [0.29, 0.717) is 32.1 Å². The monoisotopic (exact) mass is 654 g/mol. The van der Waals surface area contributed by atoms with Crippen LogP contribution in [0, 0.1) is 11.8 Å². The molecule has 0 aromatic rings. The summed E-state index contributed by atoms with van der Waals surface area (Å²) in [7, 11) is 0. The average Bonchev–Trinajstić information content (AvgIpc) is 3.01. The molecular formula is C37H66O9. The third-order valence-electron chi connectivity index (χ3n) is 8.41. The summed E-state index contributed by atoms with van der Waals surface area (Å²) in [5, 5.41) is 40.7. The van der Waals surface area contributed by atoms with Gasteiger partial charge in [-0.15, -0.1) is 0 Å². The van der Waals surface area contributed by atoms with Gasteiger partial charge in [0.05, 0.1) is 18.3 Å². The molecule has 1 heterocycles. The zero-order valence-electron chi connectivity index (χ0n) is 29.0. The summed E-state index contributed by atoms with van der Waals surface area (Å²) in [6.45, 7) is 6.24. The number of aliphatic hydroxyl groups excluding tert-OH is 4. The topological polar surface area (TPSA) is 143 Å². The summed E-state index contributed by atoms with van der Waals surface area (Å²) in [5.74, 6) is -0.226. The second-order valence-corrected chi connectivity index (χ2v) is 13.4. The fourth-order valence-electron chi connectivity index (χ4n) is 5.54. The highest BCUT2D eigenvalue weighted by Crippen LogP contribution is 2.29. The standard InChI is InChI=1S/C37H66O9/c1-4-5-14-20-30(38)24-25-34-32(33(40)26-37(43)46-34)21-16-12-13-18-23-36(42)45-28-31(39)27-44-35(41)22-17-11-9-7-6-8-10-15-19-29(2)3/h12,16,24-25,29-34,37-40,43H,4-11,13-15,17-23,26-28H2,1-3H3/b16-12-,25-24+/t30-,31-,32-,33-,34+,37?/m0/s1. The minimum Gasteiger partial charge on any atom is -0.463 e. The van der Waals surface area contributed by atoms with Gasteiger partial charge in [0.1, 0.15) is 19.3 Å². The summed E-state index contributed by atoms with van der Waals surface area (Å²) >= 11 is 0. The Balaban J connectivity index is 2.14. The molecule has 0 saturated carbocycles. The Morgan fingerprint density at radius 2 is 1.39 bits per heavy atom. The highest BCUT2D eigenvalue weighted by Gasteiger charge is 2.35. The minimum atomic E-state index is -1.05. The molecule has 0 aromatic carbocycles. The first-order valence-corrected chi connectivity index (χ1v) is 18.1. The number of hydrogen-bond donors (Lipinski definition) is 4. The van der Waals surface area contributed by atoms with Crippen molar-refractivity contribution in [1.29, 1.82) is 0 Å². The van der Waals surface area contributed by atoms with Crippen molar-refractivity contribution < 1.29 is 44.2 Å². The van der Waals surface area contributed by atoms with Crippen LogP contribution < -0.4 is 0 Å². The van der Waals surface area contributed by atoms with Crippen LogP contribution in [0.3, 0.4) is 0 Å².